The van der Waals surface area contributed by atoms with Crippen LogP contribution in [0.25, 0.3) is 12.3 Å². The Labute approximate surface area is 69.3 Å². The molecule has 2 aliphatic rings. The van der Waals surface area contributed by atoms with Crippen LogP contribution in [0.2, 0.25) is 0 Å². The lowest BCUT2D eigenvalue weighted by atomic mass is 10.1. The predicted molar refractivity (Wildman–Crippen MR) is 49.3 cm³/mol. The topological polar surface area (TPSA) is 24.7 Å². The molecule has 1 aromatic carbocycles. The summed E-state index contributed by atoms with van der Waals surface area (Å²) in [5, 5.41) is 2.22. The molecule has 3 rings (SSSR count). The average Bonchev–Trinajstić information content (AvgIpc) is 2.71. The monoisotopic (exact) mass is 153 g/mol. The fraction of sp³-hybridized carbons (Fsp3) is 0. The molecule has 2 heteroatoms. The molecular formula is C10H5N2. The number of nitrogens with zero attached hydrogens (tertiary/aromatic N) is 2. The molecule has 55 valence electrons. The normalized spacial score (nSPS) is 15.3. The molecule has 2 heterocycles. The summed E-state index contributed by atoms with van der Waals surface area (Å²) in [7, 11) is 0. The van der Waals surface area contributed by atoms with E-state index in [-0.39, 0.29) is 0 Å². The summed E-state index contributed by atoms with van der Waals surface area (Å²) >= 11 is 0. The van der Waals surface area contributed by atoms with Gasteiger partial charge in [0.15, 0.2) is 0 Å². The average molecular weight is 153 g/mol. The smallest absolute Gasteiger partial charge is 0.0978 e. The van der Waals surface area contributed by atoms with Crippen molar-refractivity contribution >= 4 is 30.4 Å². The molecule has 0 aromatic heterocycles. The van der Waals surface area contributed by atoms with Crippen LogP contribution in [-0.2, 0) is 0 Å². The number of aliphatic imine (C=N–C) groups is 2. The van der Waals surface area contributed by atoms with E-state index < -0.39 is 0 Å². The molecule has 1 radical (unpaired) electrons. The van der Waals surface area contributed by atoms with Crippen LogP contribution < -0.4 is 10.4 Å². The van der Waals surface area contributed by atoms with Crippen LogP contribution in [0.4, 0.5) is 5.69 Å². The molecular weight excluding hydrogens is 148 g/mol. The number of rotatable bonds is 0. The van der Waals surface area contributed by atoms with Crippen molar-refractivity contribution in [3.05, 3.63) is 28.1 Å². The van der Waals surface area contributed by atoms with Gasteiger partial charge in [0.1, 0.15) is 0 Å². The van der Waals surface area contributed by atoms with Crippen molar-refractivity contribution in [2.75, 3.05) is 0 Å². The van der Waals surface area contributed by atoms with Crippen LogP contribution in [-0.4, -0.2) is 12.4 Å². The van der Waals surface area contributed by atoms with Crippen LogP contribution >= 0.6 is 0 Å². The summed E-state index contributed by atoms with van der Waals surface area (Å²) in [6.07, 6.45) is 8.59. The molecule has 0 fully saturated rings. The second-order valence-corrected chi connectivity index (χ2v) is 2.78. The SMILES string of the molecule is [C]1=c2c(ccc3c2=CC=N3)C=N1. The van der Waals surface area contributed by atoms with Gasteiger partial charge in [-0.25, -0.2) is 0 Å². The summed E-state index contributed by atoms with van der Waals surface area (Å²) in [4.78, 5) is 8.18. The lowest BCUT2D eigenvalue weighted by molar-refractivity contribution is 1.46. The highest BCUT2D eigenvalue weighted by molar-refractivity contribution is 5.98. The Balaban J connectivity index is 2.58. The van der Waals surface area contributed by atoms with Crippen molar-refractivity contribution in [3.63, 3.8) is 0 Å². The highest BCUT2D eigenvalue weighted by atomic mass is 14.7. The predicted octanol–water partition coefficient (Wildman–Crippen LogP) is 0.231. The van der Waals surface area contributed by atoms with Gasteiger partial charge in [-0.15, -0.1) is 0 Å². The molecule has 12 heavy (non-hydrogen) atoms. The number of benzene rings is 1. The Kier molecular flexibility index (Phi) is 0.939. The van der Waals surface area contributed by atoms with Crippen molar-refractivity contribution in [1.29, 1.82) is 0 Å². The summed E-state index contributed by atoms with van der Waals surface area (Å²) in [6.45, 7) is 0. The van der Waals surface area contributed by atoms with Gasteiger partial charge in [-0.2, -0.15) is 0 Å². The lowest BCUT2D eigenvalue weighted by Gasteiger charge is -1.92. The van der Waals surface area contributed by atoms with Crippen molar-refractivity contribution < 1.29 is 0 Å². The van der Waals surface area contributed by atoms with E-state index in [2.05, 4.69) is 16.2 Å². The Hall–Kier alpha value is -1.70. The molecule has 0 saturated carbocycles. The fourth-order valence-corrected chi connectivity index (χ4v) is 1.50. The van der Waals surface area contributed by atoms with Crippen molar-refractivity contribution in [3.8, 4) is 0 Å². The van der Waals surface area contributed by atoms with E-state index in [1.807, 2.05) is 30.6 Å². The lowest BCUT2D eigenvalue weighted by Crippen LogP contribution is -2.25. The van der Waals surface area contributed by atoms with Gasteiger partial charge in [-0.3, -0.25) is 9.98 Å². The van der Waals surface area contributed by atoms with E-state index in [4.69, 9.17) is 0 Å². The Morgan fingerprint density at radius 2 is 2.25 bits per heavy atom. The standard InChI is InChI=1S/C10H5N2/c1-2-10-8(3-4-12-10)9-6-11-5-7(1)9/h1-5H. The van der Waals surface area contributed by atoms with Gasteiger partial charge in [-0.1, -0.05) is 6.07 Å². The zero-order valence-electron chi connectivity index (χ0n) is 6.28. The maximum atomic E-state index is 4.20. The van der Waals surface area contributed by atoms with Gasteiger partial charge in [0.25, 0.3) is 0 Å². The molecule has 1 aromatic rings. The summed E-state index contributed by atoms with van der Waals surface area (Å²) in [6, 6.07) is 4.03. The highest BCUT2D eigenvalue weighted by Gasteiger charge is 2.05. The van der Waals surface area contributed by atoms with E-state index >= 15 is 0 Å². The molecule has 0 unspecified atom stereocenters. The first-order chi connectivity index (χ1) is 5.95. The first-order valence-electron chi connectivity index (χ1n) is 3.78. The van der Waals surface area contributed by atoms with Crippen molar-refractivity contribution in [2.45, 2.75) is 0 Å². The minimum atomic E-state index is 1.02. The summed E-state index contributed by atoms with van der Waals surface area (Å²) in [5.74, 6) is 0. The van der Waals surface area contributed by atoms with E-state index in [0.717, 1.165) is 21.7 Å². The zero-order valence-corrected chi connectivity index (χ0v) is 6.28. The van der Waals surface area contributed by atoms with Crippen LogP contribution in [0.3, 0.4) is 0 Å². The van der Waals surface area contributed by atoms with Gasteiger partial charge in [0.2, 0.25) is 0 Å². The second kappa shape index (κ2) is 1.91. The fourth-order valence-electron chi connectivity index (χ4n) is 1.50. The van der Waals surface area contributed by atoms with Crippen LogP contribution in [0, 0.1) is 0 Å². The van der Waals surface area contributed by atoms with Crippen LogP contribution in [0.15, 0.2) is 22.1 Å². The quantitative estimate of drug-likeness (QED) is 0.509. The van der Waals surface area contributed by atoms with Crippen molar-refractivity contribution in [2.24, 2.45) is 9.98 Å². The summed E-state index contributed by atoms with van der Waals surface area (Å²) < 4.78 is 0. The van der Waals surface area contributed by atoms with Gasteiger partial charge in [-0.05, 0) is 12.1 Å². The molecule has 2 aliphatic heterocycles. The molecule has 2 nitrogen and oxygen atoms in total. The maximum absolute atomic E-state index is 4.20. The largest absolute Gasteiger partial charge is 0.256 e. The number of hydrogen-bond acceptors (Lipinski definition) is 2. The molecule has 0 bridgehead atoms. The number of hydrogen-bond donors (Lipinski definition) is 0. The maximum Gasteiger partial charge on any atom is 0.0978 e. The van der Waals surface area contributed by atoms with Crippen LogP contribution in [0.5, 0.6) is 0 Å². The van der Waals surface area contributed by atoms with E-state index in [0.29, 0.717) is 0 Å². The molecule has 0 spiro atoms. The van der Waals surface area contributed by atoms with E-state index in [1.54, 1.807) is 0 Å². The van der Waals surface area contributed by atoms with Gasteiger partial charge < -0.3 is 0 Å². The van der Waals surface area contributed by atoms with Crippen LogP contribution in [0.1, 0.15) is 5.56 Å². The van der Waals surface area contributed by atoms with Crippen molar-refractivity contribution in [1.82, 2.24) is 0 Å². The Bertz CT molecular complexity index is 473. The molecule has 0 amide bonds. The Morgan fingerprint density at radius 3 is 3.25 bits per heavy atom. The van der Waals surface area contributed by atoms with E-state index in [1.165, 1.54) is 0 Å². The second-order valence-electron chi connectivity index (χ2n) is 2.78. The minimum absolute atomic E-state index is 1.02. The molecule has 0 N–H and O–H groups in total. The first-order valence-corrected chi connectivity index (χ1v) is 3.78. The third-order valence-corrected chi connectivity index (χ3v) is 2.09. The first kappa shape index (κ1) is 5.89. The minimum Gasteiger partial charge on any atom is -0.256 e. The van der Waals surface area contributed by atoms with Gasteiger partial charge >= 0.3 is 0 Å². The summed E-state index contributed by atoms with van der Waals surface area (Å²) in [5.41, 5.74) is 2.15. The highest BCUT2D eigenvalue weighted by Crippen LogP contribution is 2.07. The third-order valence-electron chi connectivity index (χ3n) is 2.09. The molecule has 0 saturated heterocycles. The molecule has 0 aliphatic carbocycles. The zero-order chi connectivity index (χ0) is 7.97. The van der Waals surface area contributed by atoms with Gasteiger partial charge in [0.05, 0.1) is 11.9 Å². The molecule has 0 atom stereocenters. The van der Waals surface area contributed by atoms with Gasteiger partial charge in [0, 0.05) is 28.4 Å². The van der Waals surface area contributed by atoms with E-state index in [9.17, 15) is 0 Å². The third kappa shape index (κ3) is 0.593. The Morgan fingerprint density at radius 1 is 1.25 bits per heavy atom. The number of fused-ring (bicyclic) bond motifs is 3.